The molecule has 2 aromatic carbocycles. The van der Waals surface area contributed by atoms with E-state index >= 15 is 0 Å². The van der Waals surface area contributed by atoms with Gasteiger partial charge in [0.2, 0.25) is 5.78 Å². The molecule has 0 bridgehead atoms. The lowest BCUT2D eigenvalue weighted by Gasteiger charge is -2.10. The van der Waals surface area contributed by atoms with Crippen molar-refractivity contribution >= 4 is 35.0 Å². The predicted octanol–water partition coefficient (Wildman–Crippen LogP) is 3.98. The Morgan fingerprint density at radius 3 is 2.36 bits per heavy atom. The van der Waals surface area contributed by atoms with Crippen molar-refractivity contribution in [1.82, 2.24) is 0 Å². The highest BCUT2D eigenvalue weighted by atomic mass is 35.5. The first-order valence-corrected chi connectivity index (χ1v) is 8.05. The Morgan fingerprint density at radius 1 is 0.960 bits per heavy atom. The van der Waals surface area contributed by atoms with Crippen LogP contribution in [0.4, 0.5) is 0 Å². The fraction of sp³-hybridized carbons (Fsp3) is 0.222. The van der Waals surface area contributed by atoms with Gasteiger partial charge in [-0.2, -0.15) is 0 Å². The minimum atomic E-state index is -0.542. The van der Waals surface area contributed by atoms with Gasteiger partial charge in [0, 0.05) is 6.07 Å². The van der Waals surface area contributed by atoms with Crippen molar-refractivity contribution in [2.75, 3.05) is 20.8 Å². The van der Waals surface area contributed by atoms with Crippen molar-refractivity contribution in [3.63, 3.8) is 0 Å². The zero-order valence-electron chi connectivity index (χ0n) is 13.7. The van der Waals surface area contributed by atoms with Gasteiger partial charge in [-0.15, -0.1) is 0 Å². The normalized spacial score (nSPS) is 10.2. The summed E-state index contributed by atoms with van der Waals surface area (Å²) in [7, 11) is 2.96. The summed E-state index contributed by atoms with van der Waals surface area (Å²) in [4.78, 5) is 24.1. The van der Waals surface area contributed by atoms with Crippen LogP contribution in [0.2, 0.25) is 10.0 Å². The monoisotopic (exact) mass is 382 g/mol. The van der Waals surface area contributed by atoms with E-state index in [0.29, 0.717) is 32.7 Å². The predicted molar refractivity (Wildman–Crippen MR) is 95.0 cm³/mol. The van der Waals surface area contributed by atoms with Crippen LogP contribution in [-0.2, 0) is 16.0 Å². The van der Waals surface area contributed by atoms with E-state index in [1.807, 2.05) is 0 Å². The van der Waals surface area contributed by atoms with E-state index in [0.717, 1.165) is 0 Å². The molecule has 0 heterocycles. The molecule has 25 heavy (non-hydrogen) atoms. The van der Waals surface area contributed by atoms with Crippen LogP contribution in [0.3, 0.4) is 0 Å². The molecule has 0 spiro atoms. The van der Waals surface area contributed by atoms with Crippen molar-refractivity contribution in [1.29, 1.82) is 0 Å². The molecule has 5 nitrogen and oxygen atoms in total. The molecule has 0 N–H and O–H groups in total. The van der Waals surface area contributed by atoms with Crippen molar-refractivity contribution in [3.8, 4) is 11.5 Å². The summed E-state index contributed by atoms with van der Waals surface area (Å²) in [6.07, 6.45) is -0.0100. The highest BCUT2D eigenvalue weighted by Crippen LogP contribution is 2.25. The Hall–Kier alpha value is -2.24. The Labute approximate surface area is 155 Å². The minimum Gasteiger partial charge on any atom is -0.497 e. The summed E-state index contributed by atoms with van der Waals surface area (Å²) >= 11 is 11.7. The van der Waals surface area contributed by atoms with Crippen LogP contribution in [-0.4, -0.2) is 32.6 Å². The zero-order chi connectivity index (χ0) is 18.4. The highest BCUT2D eigenvalue weighted by Gasteiger charge is 2.16. The third kappa shape index (κ3) is 5.11. The first-order valence-electron chi connectivity index (χ1n) is 7.29. The quantitative estimate of drug-likeness (QED) is 0.535. The number of carbonyl (C=O) groups is 2. The molecule has 0 aliphatic rings. The zero-order valence-corrected chi connectivity index (χ0v) is 15.2. The third-order valence-electron chi connectivity index (χ3n) is 3.41. The fourth-order valence-corrected chi connectivity index (χ4v) is 2.44. The summed E-state index contributed by atoms with van der Waals surface area (Å²) in [5.41, 5.74) is 0.958. The number of ketones is 1. The average molecular weight is 383 g/mol. The lowest BCUT2D eigenvalue weighted by molar-refractivity contribution is -0.141. The maximum atomic E-state index is 12.2. The summed E-state index contributed by atoms with van der Waals surface area (Å²) in [6.45, 7) is -0.386. The summed E-state index contributed by atoms with van der Waals surface area (Å²) < 4.78 is 15.3. The number of carbonyl (C=O) groups excluding carboxylic acids is 2. The van der Waals surface area contributed by atoms with E-state index in [-0.39, 0.29) is 18.8 Å². The van der Waals surface area contributed by atoms with Crippen LogP contribution in [0.15, 0.2) is 36.4 Å². The second-order valence-electron chi connectivity index (χ2n) is 5.08. The van der Waals surface area contributed by atoms with Gasteiger partial charge in [0.15, 0.2) is 6.61 Å². The molecule has 0 atom stereocenters. The highest BCUT2D eigenvalue weighted by molar-refractivity contribution is 6.42. The summed E-state index contributed by atoms with van der Waals surface area (Å²) in [5, 5.41) is 0.756. The standard InChI is InChI=1S/C18H16Cl2O5/c1-23-12-4-5-13(17(9-12)24-2)16(21)10-25-18(22)8-11-3-6-14(19)15(20)7-11/h3-7,9H,8,10H2,1-2H3. The van der Waals surface area contributed by atoms with Crippen LogP contribution in [0, 0.1) is 0 Å². The van der Waals surface area contributed by atoms with Gasteiger partial charge in [-0.1, -0.05) is 29.3 Å². The molecule has 0 saturated carbocycles. The first kappa shape index (κ1) is 19.1. The van der Waals surface area contributed by atoms with Crippen LogP contribution in [0.25, 0.3) is 0 Å². The van der Waals surface area contributed by atoms with Crippen LogP contribution in [0.1, 0.15) is 15.9 Å². The molecule has 0 fully saturated rings. The van der Waals surface area contributed by atoms with Crippen molar-refractivity contribution in [3.05, 3.63) is 57.6 Å². The summed E-state index contributed by atoms with van der Waals surface area (Å²) in [5.74, 6) is -0.00361. The number of esters is 1. The lowest BCUT2D eigenvalue weighted by atomic mass is 10.1. The molecule has 2 aromatic rings. The van der Waals surface area contributed by atoms with Gasteiger partial charge >= 0.3 is 5.97 Å². The van der Waals surface area contributed by atoms with Gasteiger partial charge in [-0.3, -0.25) is 9.59 Å². The average Bonchev–Trinajstić information content (AvgIpc) is 2.62. The minimum absolute atomic E-state index is 0.0100. The number of methoxy groups -OCH3 is 2. The lowest BCUT2D eigenvalue weighted by Crippen LogP contribution is -2.16. The molecular weight excluding hydrogens is 367 g/mol. The number of ether oxygens (including phenoxy) is 3. The van der Waals surface area contributed by atoms with Gasteiger partial charge in [0.1, 0.15) is 11.5 Å². The van der Waals surface area contributed by atoms with E-state index in [2.05, 4.69) is 0 Å². The van der Waals surface area contributed by atoms with E-state index in [1.54, 1.807) is 36.4 Å². The van der Waals surface area contributed by atoms with Gasteiger partial charge in [-0.25, -0.2) is 0 Å². The van der Waals surface area contributed by atoms with Gasteiger partial charge in [-0.05, 0) is 29.8 Å². The Balaban J connectivity index is 1.97. The van der Waals surface area contributed by atoms with Gasteiger partial charge in [0.25, 0.3) is 0 Å². The van der Waals surface area contributed by atoms with E-state index in [1.165, 1.54) is 14.2 Å². The summed E-state index contributed by atoms with van der Waals surface area (Å²) in [6, 6.07) is 9.63. The topological polar surface area (TPSA) is 61.8 Å². The Kier molecular flexibility index (Phi) is 6.67. The number of benzene rings is 2. The van der Waals surface area contributed by atoms with E-state index in [9.17, 15) is 9.59 Å². The molecule has 7 heteroatoms. The van der Waals surface area contributed by atoms with Crippen molar-refractivity contribution in [2.45, 2.75) is 6.42 Å². The third-order valence-corrected chi connectivity index (χ3v) is 4.14. The Bertz CT molecular complexity index is 789. The van der Waals surface area contributed by atoms with Crippen molar-refractivity contribution in [2.24, 2.45) is 0 Å². The van der Waals surface area contributed by atoms with E-state index < -0.39 is 5.97 Å². The first-order chi connectivity index (χ1) is 11.9. The Morgan fingerprint density at radius 2 is 1.72 bits per heavy atom. The number of rotatable bonds is 7. The number of Topliss-reactive ketones (excluding diaryl/α,β-unsaturated/α-hetero) is 1. The molecule has 0 saturated heterocycles. The number of halogens is 2. The molecular formula is C18H16Cl2O5. The molecule has 0 aliphatic carbocycles. The van der Waals surface area contributed by atoms with Gasteiger partial charge < -0.3 is 14.2 Å². The largest absolute Gasteiger partial charge is 0.497 e. The molecule has 0 radical (unpaired) electrons. The fourth-order valence-electron chi connectivity index (χ4n) is 2.12. The molecule has 0 amide bonds. The molecule has 0 unspecified atom stereocenters. The van der Waals surface area contributed by atoms with E-state index in [4.69, 9.17) is 37.4 Å². The van der Waals surface area contributed by atoms with Gasteiger partial charge in [0.05, 0.1) is 36.2 Å². The van der Waals surface area contributed by atoms with Crippen LogP contribution < -0.4 is 9.47 Å². The second-order valence-corrected chi connectivity index (χ2v) is 5.89. The molecule has 2 rings (SSSR count). The number of hydrogen-bond donors (Lipinski definition) is 0. The van der Waals surface area contributed by atoms with Crippen molar-refractivity contribution < 1.29 is 23.8 Å². The molecule has 0 aliphatic heterocycles. The second kappa shape index (κ2) is 8.74. The maximum absolute atomic E-state index is 12.2. The molecule has 0 aromatic heterocycles. The van der Waals surface area contributed by atoms with Crippen LogP contribution in [0.5, 0.6) is 11.5 Å². The van der Waals surface area contributed by atoms with Crippen LogP contribution >= 0.6 is 23.2 Å². The maximum Gasteiger partial charge on any atom is 0.310 e. The SMILES string of the molecule is COc1ccc(C(=O)COC(=O)Cc2ccc(Cl)c(Cl)c2)c(OC)c1. The smallest absolute Gasteiger partial charge is 0.310 e. The number of hydrogen-bond acceptors (Lipinski definition) is 5. The molecule has 132 valence electrons.